The number of thiophene rings is 1. The lowest BCUT2D eigenvalue weighted by Gasteiger charge is -2.30. The van der Waals surface area contributed by atoms with Gasteiger partial charge in [0.05, 0.1) is 11.4 Å². The molecule has 0 saturated carbocycles. The third-order valence-corrected chi connectivity index (χ3v) is 6.65. The van der Waals surface area contributed by atoms with Crippen molar-refractivity contribution in [3.8, 4) is 0 Å². The topological polar surface area (TPSA) is 45.6 Å². The number of likely N-dealkylation sites (tertiary alicyclic amines) is 1. The summed E-state index contributed by atoms with van der Waals surface area (Å²) < 4.78 is 26.8. The van der Waals surface area contributed by atoms with E-state index in [1.807, 2.05) is 0 Å². The predicted octanol–water partition coefficient (Wildman–Crippen LogP) is 3.95. The van der Waals surface area contributed by atoms with Crippen molar-refractivity contribution in [2.75, 3.05) is 13.1 Å². The van der Waals surface area contributed by atoms with E-state index in [-0.39, 0.29) is 0 Å². The van der Waals surface area contributed by atoms with E-state index in [1.54, 1.807) is 17.7 Å². The quantitative estimate of drug-likeness (QED) is 0.702. The summed E-state index contributed by atoms with van der Waals surface area (Å²) in [5.41, 5.74) is 0.692. The zero-order valence-electron chi connectivity index (χ0n) is 16.2. The Morgan fingerprint density at radius 3 is 2.50 bits per heavy atom. The van der Waals surface area contributed by atoms with Gasteiger partial charge in [-0.15, -0.1) is 11.3 Å². The number of aromatic nitrogens is 2. The van der Waals surface area contributed by atoms with E-state index >= 15 is 0 Å². The molecule has 0 atom stereocenters. The van der Waals surface area contributed by atoms with Gasteiger partial charge in [0.1, 0.15) is 22.8 Å². The molecule has 0 unspecified atom stereocenters. The molecule has 1 saturated heterocycles. The smallest absolute Gasteiger partial charge is 0.236 e. The van der Waals surface area contributed by atoms with Crippen molar-refractivity contribution in [3.63, 3.8) is 0 Å². The van der Waals surface area contributed by atoms with Crippen LogP contribution in [0.2, 0.25) is 0 Å². The molecule has 4 rings (SSSR count). The molecule has 4 nitrogen and oxygen atoms in total. The molecule has 2 N–H and O–H groups in total. The minimum Gasteiger partial charge on any atom is -0.299 e. The van der Waals surface area contributed by atoms with Gasteiger partial charge in [-0.25, -0.2) is 13.8 Å². The summed E-state index contributed by atoms with van der Waals surface area (Å²) in [4.78, 5) is 13.6. The van der Waals surface area contributed by atoms with E-state index < -0.39 is 11.6 Å². The van der Waals surface area contributed by atoms with E-state index in [0.29, 0.717) is 24.1 Å². The minimum absolute atomic E-state index is 0.459. The maximum atomic E-state index is 13.4. The maximum Gasteiger partial charge on any atom is 0.236 e. The molecule has 1 aromatic carbocycles. The normalized spacial score (nSPS) is 16.3. The second kappa shape index (κ2) is 8.19. The van der Waals surface area contributed by atoms with Gasteiger partial charge in [-0.2, -0.15) is 4.98 Å². The fourth-order valence-electron chi connectivity index (χ4n) is 3.77. The molecule has 148 valence electrons. The van der Waals surface area contributed by atoms with Crippen molar-refractivity contribution < 1.29 is 14.1 Å². The van der Waals surface area contributed by atoms with Crippen LogP contribution in [0.15, 0.2) is 30.6 Å². The fourth-order valence-corrected chi connectivity index (χ4v) is 4.78. The molecular weight excluding hydrogens is 378 g/mol. The second-order valence-electron chi connectivity index (χ2n) is 7.84. The monoisotopic (exact) mass is 403 g/mol. The molecular formula is C21H25F2N4S+. The predicted molar refractivity (Wildman–Crippen MR) is 108 cm³/mol. The zero-order valence-corrected chi connectivity index (χ0v) is 17.0. The van der Waals surface area contributed by atoms with Gasteiger partial charge in [0.25, 0.3) is 0 Å². The Kier molecular flexibility index (Phi) is 5.66. The van der Waals surface area contributed by atoms with Crippen LogP contribution in [0.1, 0.15) is 43.0 Å². The number of nitrogens with two attached hydrogens (primary N) is 1. The lowest BCUT2D eigenvalue weighted by Crippen LogP contribution is -2.86. The third kappa shape index (κ3) is 4.37. The van der Waals surface area contributed by atoms with Gasteiger partial charge in [0, 0.05) is 43.4 Å². The summed E-state index contributed by atoms with van der Waals surface area (Å²) >= 11 is 1.74. The van der Waals surface area contributed by atoms with Crippen molar-refractivity contribution in [1.29, 1.82) is 0 Å². The standard InChI is InChI=1S/C21H24F2N4S/c1-13(2)19-10-18-20(24-12-25-21(18)28-19)26-17-3-5-27(6-4-17)11-14-7-15(22)9-16(23)8-14/h7-10,12-13,17H,3-6,11H2,1-2H3,(H,24,25,26)/p+1. The molecule has 0 spiro atoms. The largest absolute Gasteiger partial charge is 0.299 e. The number of fused-ring (bicyclic) bond motifs is 1. The van der Waals surface area contributed by atoms with Crippen molar-refractivity contribution in [3.05, 3.63) is 52.7 Å². The molecule has 7 heteroatoms. The highest BCUT2D eigenvalue weighted by Gasteiger charge is 2.24. The third-order valence-electron chi connectivity index (χ3n) is 5.30. The van der Waals surface area contributed by atoms with Crippen LogP contribution in [-0.4, -0.2) is 34.0 Å². The highest BCUT2D eigenvalue weighted by atomic mass is 32.1. The Hall–Kier alpha value is -1.96. The number of benzene rings is 1. The second-order valence-corrected chi connectivity index (χ2v) is 8.90. The fraction of sp³-hybridized carbons (Fsp3) is 0.429. The summed E-state index contributed by atoms with van der Waals surface area (Å²) in [6, 6.07) is 6.44. The van der Waals surface area contributed by atoms with E-state index in [4.69, 9.17) is 0 Å². The minimum atomic E-state index is -0.512. The number of quaternary nitrogens is 1. The summed E-state index contributed by atoms with van der Waals surface area (Å²) in [6.07, 6.45) is 3.69. The van der Waals surface area contributed by atoms with Gasteiger partial charge in [0.15, 0.2) is 0 Å². The van der Waals surface area contributed by atoms with Crippen molar-refractivity contribution in [2.45, 2.75) is 45.2 Å². The molecule has 1 aliphatic rings. The molecule has 3 aromatic rings. The van der Waals surface area contributed by atoms with Gasteiger partial charge in [0.2, 0.25) is 5.82 Å². The first-order chi connectivity index (χ1) is 13.5. The van der Waals surface area contributed by atoms with Crippen LogP contribution < -0.4 is 5.32 Å². The number of hydrogen-bond donors (Lipinski definition) is 1. The number of hydrogen-bond acceptors (Lipinski definition) is 4. The Labute approximate surface area is 167 Å². The van der Waals surface area contributed by atoms with E-state index in [0.717, 1.165) is 48.0 Å². The average molecular weight is 404 g/mol. The summed E-state index contributed by atoms with van der Waals surface area (Å²) in [7, 11) is 0. The summed E-state index contributed by atoms with van der Waals surface area (Å²) in [5, 5.41) is 3.42. The van der Waals surface area contributed by atoms with Crippen LogP contribution in [0.4, 0.5) is 14.6 Å². The van der Waals surface area contributed by atoms with Crippen molar-refractivity contribution in [1.82, 2.24) is 14.9 Å². The Morgan fingerprint density at radius 1 is 1.11 bits per heavy atom. The van der Waals surface area contributed by atoms with Crippen LogP contribution in [0, 0.1) is 11.6 Å². The van der Waals surface area contributed by atoms with E-state index in [9.17, 15) is 8.78 Å². The SMILES string of the molecule is CC(C)c1cc2c([NH2+]C3CCN(Cc4cc(F)cc(F)c4)CC3)ncnc2s1. The Bertz CT molecular complexity index is 944. The first-order valence-electron chi connectivity index (χ1n) is 9.74. The summed E-state index contributed by atoms with van der Waals surface area (Å²) in [6.45, 7) is 6.80. The maximum absolute atomic E-state index is 13.4. The van der Waals surface area contributed by atoms with Gasteiger partial charge < -0.3 is 0 Å². The molecule has 1 fully saturated rings. The Morgan fingerprint density at radius 2 is 1.82 bits per heavy atom. The molecule has 2 aromatic heterocycles. The number of rotatable bonds is 5. The lowest BCUT2D eigenvalue weighted by molar-refractivity contribution is -0.616. The first-order valence-corrected chi connectivity index (χ1v) is 10.6. The molecule has 0 aliphatic carbocycles. The molecule has 3 heterocycles. The Balaban J connectivity index is 1.39. The van der Waals surface area contributed by atoms with Crippen LogP contribution in [0.3, 0.4) is 0 Å². The lowest BCUT2D eigenvalue weighted by atomic mass is 10.0. The summed E-state index contributed by atoms with van der Waals surface area (Å²) in [5.74, 6) is 0.492. The number of halogens is 2. The molecule has 28 heavy (non-hydrogen) atoms. The van der Waals surface area contributed by atoms with Crippen LogP contribution in [0.25, 0.3) is 10.2 Å². The van der Waals surface area contributed by atoms with Crippen LogP contribution in [0.5, 0.6) is 0 Å². The number of piperidine rings is 1. The molecule has 0 bridgehead atoms. The number of nitrogens with zero attached hydrogens (tertiary/aromatic N) is 3. The van der Waals surface area contributed by atoms with Crippen molar-refractivity contribution >= 4 is 27.4 Å². The van der Waals surface area contributed by atoms with Gasteiger partial charge in [-0.05, 0) is 29.7 Å². The van der Waals surface area contributed by atoms with Gasteiger partial charge >= 0.3 is 0 Å². The molecule has 1 aliphatic heterocycles. The average Bonchev–Trinajstić information content (AvgIpc) is 3.08. The van der Waals surface area contributed by atoms with Crippen LogP contribution in [-0.2, 0) is 6.54 Å². The van der Waals surface area contributed by atoms with Gasteiger partial charge in [-0.1, -0.05) is 13.8 Å². The van der Waals surface area contributed by atoms with Crippen molar-refractivity contribution in [2.24, 2.45) is 0 Å². The van der Waals surface area contributed by atoms with E-state index in [2.05, 4.69) is 40.1 Å². The highest BCUT2D eigenvalue weighted by molar-refractivity contribution is 7.18. The highest BCUT2D eigenvalue weighted by Crippen LogP contribution is 2.31. The molecule has 0 radical (unpaired) electrons. The van der Waals surface area contributed by atoms with Crippen LogP contribution >= 0.6 is 11.3 Å². The zero-order chi connectivity index (χ0) is 19.7. The van der Waals surface area contributed by atoms with Gasteiger partial charge in [-0.3, -0.25) is 10.2 Å². The molecule has 0 amide bonds. The van der Waals surface area contributed by atoms with E-state index in [1.165, 1.54) is 17.0 Å². The first kappa shape index (κ1) is 19.4.